The molecular weight excluding hydrogens is 359 g/mol. The van der Waals surface area contributed by atoms with E-state index < -0.39 is 8.80 Å². The van der Waals surface area contributed by atoms with Crippen molar-refractivity contribution in [2.24, 2.45) is 0 Å². The van der Waals surface area contributed by atoms with Gasteiger partial charge < -0.3 is 25.7 Å². The van der Waals surface area contributed by atoms with Gasteiger partial charge in [-0.05, 0) is 33.6 Å². The van der Waals surface area contributed by atoms with Crippen LogP contribution in [0.4, 0.5) is 0 Å². The fraction of sp³-hybridized carbons (Fsp3) is 0.938. The molecule has 0 bridgehead atoms. The second-order valence-electron chi connectivity index (χ2n) is 5.63. The zero-order valence-corrected chi connectivity index (χ0v) is 17.1. The minimum Gasteiger partial charge on any atom is -1.00 e. The second kappa shape index (κ2) is 15.6. The fourth-order valence-corrected chi connectivity index (χ4v) is 5.40. The lowest BCUT2D eigenvalue weighted by molar-refractivity contribution is -0.514. The van der Waals surface area contributed by atoms with Crippen LogP contribution >= 0.6 is 0 Å². The van der Waals surface area contributed by atoms with Crippen LogP contribution in [0, 0.1) is 0 Å². The lowest BCUT2D eigenvalue weighted by Gasteiger charge is -2.28. The molecule has 0 aromatic rings. The van der Waals surface area contributed by atoms with Gasteiger partial charge in [-0.3, -0.25) is 9.48 Å². The lowest BCUT2D eigenvalue weighted by atomic mass is 10.3. The van der Waals surface area contributed by atoms with Crippen LogP contribution < -0.4 is 12.4 Å². The van der Waals surface area contributed by atoms with E-state index in [2.05, 4.69) is 22.7 Å². The topological polar surface area (TPSA) is 33.9 Å². The third kappa shape index (κ3) is 9.76. The molecule has 1 aliphatic heterocycles. The summed E-state index contributed by atoms with van der Waals surface area (Å²) in [5.41, 5.74) is 0. The van der Waals surface area contributed by atoms with Crippen molar-refractivity contribution in [1.29, 1.82) is 0 Å². The quantitative estimate of drug-likeness (QED) is 0.277. The van der Waals surface area contributed by atoms with Gasteiger partial charge in [-0.2, -0.15) is 0 Å². The molecular formula is C16H38AlClN2O3Si. The molecule has 0 N–H and O–H groups in total. The van der Waals surface area contributed by atoms with Gasteiger partial charge in [0.15, 0.2) is 17.4 Å². The number of hydrogen-bond donors (Lipinski definition) is 0. The van der Waals surface area contributed by atoms with Crippen LogP contribution in [-0.2, 0) is 13.3 Å². The van der Waals surface area contributed by atoms with Crippen molar-refractivity contribution in [2.45, 2.75) is 53.0 Å². The second-order valence-corrected chi connectivity index (χ2v) is 8.36. The van der Waals surface area contributed by atoms with Crippen molar-refractivity contribution in [1.82, 2.24) is 4.90 Å². The summed E-state index contributed by atoms with van der Waals surface area (Å²) >= 11 is 0. The van der Waals surface area contributed by atoms with Gasteiger partial charge in [-0.25, -0.2) is 0 Å². The van der Waals surface area contributed by atoms with Gasteiger partial charge in [0, 0.05) is 25.9 Å². The number of unbranched alkanes of at least 4 members (excludes halogenated alkanes) is 1. The van der Waals surface area contributed by atoms with Gasteiger partial charge in [0.2, 0.25) is 6.34 Å². The van der Waals surface area contributed by atoms with Crippen molar-refractivity contribution in [3.63, 3.8) is 0 Å². The Hall–Kier alpha value is 0.389. The van der Waals surface area contributed by atoms with E-state index in [1.54, 1.807) is 0 Å². The Bertz CT molecular complexity index is 321. The fourth-order valence-electron chi connectivity index (χ4n) is 2.80. The summed E-state index contributed by atoms with van der Waals surface area (Å²) in [5.74, 6) is 0. The number of nitrogens with zero attached hydrogens (tertiary/aromatic N) is 2. The molecule has 0 saturated carbocycles. The molecule has 0 unspecified atom stereocenters. The summed E-state index contributed by atoms with van der Waals surface area (Å²) in [7, 11) is -2.46. The van der Waals surface area contributed by atoms with E-state index in [1.165, 1.54) is 19.4 Å². The molecule has 0 radical (unpaired) electrons. The minimum absolute atomic E-state index is 0. The van der Waals surface area contributed by atoms with Gasteiger partial charge >= 0.3 is 8.80 Å². The Kier molecular flexibility index (Phi) is 17.3. The smallest absolute Gasteiger partial charge is 0.501 e. The zero-order valence-electron chi connectivity index (χ0n) is 15.4. The van der Waals surface area contributed by atoms with Crippen molar-refractivity contribution in [3.05, 3.63) is 0 Å². The predicted octanol–water partition coefficient (Wildman–Crippen LogP) is -1.60. The molecule has 144 valence electrons. The van der Waals surface area contributed by atoms with Gasteiger partial charge in [-0.15, -0.1) is 0 Å². The van der Waals surface area contributed by atoms with Gasteiger partial charge in [-0.1, -0.05) is 13.3 Å². The van der Waals surface area contributed by atoms with Gasteiger partial charge in [0.1, 0.15) is 13.1 Å². The van der Waals surface area contributed by atoms with Crippen molar-refractivity contribution < 1.29 is 30.3 Å². The van der Waals surface area contributed by atoms with E-state index in [0.29, 0.717) is 19.8 Å². The maximum absolute atomic E-state index is 5.90. The van der Waals surface area contributed by atoms with Crippen molar-refractivity contribution in [2.75, 3.05) is 46.0 Å². The molecule has 0 aromatic carbocycles. The molecule has 1 aliphatic rings. The highest BCUT2D eigenvalue weighted by Gasteiger charge is 2.40. The first-order valence-electron chi connectivity index (χ1n) is 8.94. The van der Waals surface area contributed by atoms with Crippen LogP contribution in [0.2, 0.25) is 6.04 Å². The molecule has 0 saturated heterocycles. The van der Waals surface area contributed by atoms with Gasteiger partial charge in [0.25, 0.3) is 0 Å². The van der Waals surface area contributed by atoms with Crippen LogP contribution in [-0.4, -0.2) is 88.0 Å². The maximum Gasteiger partial charge on any atom is 0.501 e. The van der Waals surface area contributed by atoms with Crippen molar-refractivity contribution >= 4 is 32.5 Å². The Morgan fingerprint density at radius 3 is 2.08 bits per heavy atom. The number of rotatable bonds is 13. The highest BCUT2D eigenvalue weighted by atomic mass is 35.5. The van der Waals surface area contributed by atoms with E-state index in [4.69, 9.17) is 13.3 Å². The number of halogens is 1. The van der Waals surface area contributed by atoms with Crippen LogP contribution in [0.1, 0.15) is 47.0 Å². The summed E-state index contributed by atoms with van der Waals surface area (Å²) in [6.45, 7) is 14.8. The number of hydrogen-bond acceptors (Lipinski definition) is 4. The van der Waals surface area contributed by atoms with Crippen molar-refractivity contribution in [3.8, 4) is 0 Å². The monoisotopic (exact) mass is 396 g/mol. The average Bonchev–Trinajstić information content (AvgIpc) is 2.94. The zero-order chi connectivity index (χ0) is 16.3. The summed E-state index contributed by atoms with van der Waals surface area (Å²) in [6, 6.07) is 0.905. The molecule has 24 heavy (non-hydrogen) atoms. The lowest BCUT2D eigenvalue weighted by Crippen LogP contribution is -3.00. The maximum atomic E-state index is 5.90. The molecule has 0 aliphatic carbocycles. The molecule has 1 heterocycles. The molecule has 8 heteroatoms. The Balaban J connectivity index is 0. The van der Waals surface area contributed by atoms with E-state index in [-0.39, 0.29) is 29.8 Å². The van der Waals surface area contributed by atoms with E-state index >= 15 is 0 Å². The summed E-state index contributed by atoms with van der Waals surface area (Å²) in [4.78, 5) is 2.42. The molecule has 0 fully saturated rings. The van der Waals surface area contributed by atoms with Gasteiger partial charge in [0.05, 0.1) is 13.1 Å². The van der Waals surface area contributed by atoms with Crippen LogP contribution in [0.25, 0.3) is 0 Å². The molecule has 1 rings (SSSR count). The third-order valence-electron chi connectivity index (χ3n) is 3.82. The summed E-state index contributed by atoms with van der Waals surface area (Å²) in [6.07, 6.45) is 5.89. The van der Waals surface area contributed by atoms with E-state index in [9.17, 15) is 0 Å². The molecule has 0 atom stereocenters. The van der Waals surface area contributed by atoms with E-state index in [1.807, 2.05) is 20.8 Å². The first-order chi connectivity index (χ1) is 10.7. The summed E-state index contributed by atoms with van der Waals surface area (Å²) in [5, 5.41) is 0. The van der Waals surface area contributed by atoms with E-state index in [0.717, 1.165) is 32.1 Å². The Labute approximate surface area is 166 Å². The standard InChI is InChI=1S/C16H35N2O3Si.Al.ClH.3H/c1-5-9-11-17-13-14-18(16-17)12-10-15-22(19-6-2,20-7-3)21-8-4;;;;;/h16H,5-15H2,1-4H3;;1H;;;/q+1;;;;;/p-1. The highest BCUT2D eigenvalue weighted by Crippen LogP contribution is 2.18. The molecule has 0 spiro atoms. The molecule has 0 aromatic heterocycles. The first kappa shape index (κ1) is 26.6. The first-order valence-corrected chi connectivity index (χ1v) is 10.9. The molecule has 5 nitrogen and oxygen atoms in total. The Morgan fingerprint density at radius 1 is 1.00 bits per heavy atom. The molecule has 0 amide bonds. The van der Waals surface area contributed by atoms with Crippen LogP contribution in [0.5, 0.6) is 0 Å². The highest BCUT2D eigenvalue weighted by molar-refractivity contribution is 6.60. The Morgan fingerprint density at radius 2 is 1.58 bits per heavy atom. The van der Waals surface area contributed by atoms with Crippen LogP contribution in [0.3, 0.4) is 0 Å². The largest absolute Gasteiger partial charge is 1.00 e. The third-order valence-corrected chi connectivity index (χ3v) is 6.97. The predicted molar refractivity (Wildman–Crippen MR) is 103 cm³/mol. The van der Waals surface area contributed by atoms with Crippen LogP contribution in [0.15, 0.2) is 0 Å². The minimum atomic E-state index is -2.46. The SMILES string of the molecule is CCCC[N+]1=CN(CCC[Si](OCC)(OCC)OCC)CC1.[AlH3].[Cl-]. The average molecular weight is 397 g/mol. The normalized spacial score (nSPS) is 14.2. The summed E-state index contributed by atoms with van der Waals surface area (Å²) < 4.78 is 20.1.